The minimum Gasteiger partial charge on any atom is -0.482 e. The van der Waals surface area contributed by atoms with E-state index in [4.69, 9.17) is 15.3 Å². The average Bonchev–Trinajstić information content (AvgIpc) is 2.00. The number of hydrogen-bond acceptors (Lipinski definition) is 3. The Balaban J connectivity index is 2.96. The summed E-state index contributed by atoms with van der Waals surface area (Å²) in [6, 6.07) is 3.78. The van der Waals surface area contributed by atoms with Crippen LogP contribution in [0.2, 0.25) is 0 Å². The number of nitriles is 2. The van der Waals surface area contributed by atoms with E-state index in [-0.39, 0.29) is 0 Å². The lowest BCUT2D eigenvalue weighted by Crippen LogP contribution is -2.38. The van der Waals surface area contributed by atoms with Gasteiger partial charge < -0.3 is 4.74 Å². The molecule has 1 saturated heterocycles. The Bertz CT molecular complexity index is 337. The Morgan fingerprint density at radius 1 is 1.25 bits per heavy atom. The van der Waals surface area contributed by atoms with E-state index in [2.05, 4.69) is 0 Å². The first-order valence-corrected chi connectivity index (χ1v) is 3.51. The fourth-order valence-corrected chi connectivity index (χ4v) is 1.11. The van der Waals surface area contributed by atoms with Gasteiger partial charge >= 0.3 is 0 Å². The Kier molecular flexibility index (Phi) is 1.89. The van der Waals surface area contributed by atoms with Crippen LogP contribution in [0.4, 0.5) is 0 Å². The van der Waals surface area contributed by atoms with E-state index in [9.17, 15) is 0 Å². The zero-order valence-corrected chi connectivity index (χ0v) is 6.96. The molecule has 0 bridgehead atoms. The summed E-state index contributed by atoms with van der Waals surface area (Å²) in [6.07, 6.45) is 2.71. The van der Waals surface area contributed by atoms with Crippen LogP contribution in [0.3, 0.4) is 0 Å². The molecule has 0 aromatic carbocycles. The summed E-state index contributed by atoms with van der Waals surface area (Å²) in [5, 5.41) is 16.8. The van der Waals surface area contributed by atoms with Gasteiger partial charge in [-0.1, -0.05) is 0 Å². The number of allylic oxidation sites excluding steroid dienone is 2. The van der Waals surface area contributed by atoms with Crippen molar-refractivity contribution in [1.29, 1.82) is 10.5 Å². The highest BCUT2D eigenvalue weighted by molar-refractivity contribution is 5.46. The molecule has 0 aromatic rings. The minimum atomic E-state index is -0.418. The number of hydrogen-bond donors (Lipinski definition) is 0. The molecule has 60 valence electrons. The van der Waals surface area contributed by atoms with Gasteiger partial charge in [-0.2, -0.15) is 10.5 Å². The third-order valence-electron chi connectivity index (χ3n) is 1.68. The summed E-state index contributed by atoms with van der Waals surface area (Å²) in [4.78, 5) is 0. The second-order valence-corrected chi connectivity index (χ2v) is 2.94. The molecule has 12 heavy (non-hydrogen) atoms. The lowest BCUT2D eigenvalue weighted by molar-refractivity contribution is 0.00570. The summed E-state index contributed by atoms with van der Waals surface area (Å²) >= 11 is 0. The van der Waals surface area contributed by atoms with Gasteiger partial charge in [-0.15, -0.1) is 0 Å². The highest BCUT2D eigenvalue weighted by Gasteiger charge is 2.39. The van der Waals surface area contributed by atoms with Gasteiger partial charge in [0.15, 0.2) is 0 Å². The largest absolute Gasteiger partial charge is 0.482 e. The van der Waals surface area contributed by atoms with Gasteiger partial charge in [0, 0.05) is 11.6 Å². The summed E-state index contributed by atoms with van der Waals surface area (Å²) in [7, 11) is 0. The summed E-state index contributed by atoms with van der Waals surface area (Å²) in [5.74, 6) is 0.504. The van der Waals surface area contributed by atoms with Crippen molar-refractivity contribution in [2.75, 3.05) is 0 Å². The Labute approximate surface area is 71.2 Å². The molecular weight excluding hydrogens is 152 g/mol. The van der Waals surface area contributed by atoms with Gasteiger partial charge in [-0.05, 0) is 13.8 Å². The van der Waals surface area contributed by atoms with Gasteiger partial charge in [0.1, 0.15) is 11.4 Å². The maximum atomic E-state index is 8.43. The average molecular weight is 160 g/mol. The quantitative estimate of drug-likeness (QED) is 0.506. The van der Waals surface area contributed by atoms with Crippen molar-refractivity contribution >= 4 is 0 Å². The van der Waals surface area contributed by atoms with Crippen LogP contribution >= 0.6 is 0 Å². The lowest BCUT2D eigenvalue weighted by atomic mass is 9.89. The van der Waals surface area contributed by atoms with Crippen LogP contribution in [0.15, 0.2) is 23.5 Å². The molecule has 0 N–H and O–H groups in total. The summed E-state index contributed by atoms with van der Waals surface area (Å²) in [6.45, 7) is 3.70. The highest BCUT2D eigenvalue weighted by atomic mass is 16.5. The van der Waals surface area contributed by atoms with Crippen LogP contribution < -0.4 is 0 Å². The molecule has 0 amide bonds. The number of nitrogens with zero attached hydrogens (tertiary/aromatic N) is 2. The summed E-state index contributed by atoms with van der Waals surface area (Å²) in [5.41, 5.74) is 0.366. The molecule has 1 heterocycles. The standard InChI is InChI=1S/C9H8N2O/c1-9(2)7(3-5-10)8(12-9)4-6-11/h3-4H,1-2H3/b7-3-,8-4+. The van der Waals surface area contributed by atoms with Crippen molar-refractivity contribution in [3.8, 4) is 12.1 Å². The highest BCUT2D eigenvalue weighted by Crippen LogP contribution is 2.40. The Morgan fingerprint density at radius 3 is 2.25 bits per heavy atom. The predicted octanol–water partition coefficient (Wildman–Crippen LogP) is 1.65. The van der Waals surface area contributed by atoms with Crippen LogP contribution in [0.5, 0.6) is 0 Å². The summed E-state index contributed by atoms with van der Waals surface area (Å²) < 4.78 is 5.25. The first-order valence-electron chi connectivity index (χ1n) is 3.51. The molecule has 1 aliphatic heterocycles. The lowest BCUT2D eigenvalue weighted by Gasteiger charge is -2.40. The van der Waals surface area contributed by atoms with Crippen molar-refractivity contribution in [2.24, 2.45) is 0 Å². The van der Waals surface area contributed by atoms with Crippen LogP contribution in [-0.4, -0.2) is 5.60 Å². The zero-order valence-electron chi connectivity index (χ0n) is 6.96. The van der Waals surface area contributed by atoms with Crippen LogP contribution in [0.25, 0.3) is 0 Å². The molecule has 0 spiro atoms. The molecule has 0 aliphatic carbocycles. The molecule has 0 radical (unpaired) electrons. The zero-order chi connectivity index (χ0) is 9.19. The molecule has 1 aliphatic rings. The number of ether oxygens (including phenoxy) is 1. The third-order valence-corrected chi connectivity index (χ3v) is 1.68. The maximum absolute atomic E-state index is 8.43. The molecule has 1 fully saturated rings. The van der Waals surface area contributed by atoms with Crippen molar-refractivity contribution in [1.82, 2.24) is 0 Å². The van der Waals surface area contributed by atoms with E-state index < -0.39 is 5.60 Å². The smallest absolute Gasteiger partial charge is 0.138 e. The van der Waals surface area contributed by atoms with E-state index >= 15 is 0 Å². The third kappa shape index (κ3) is 1.17. The monoisotopic (exact) mass is 160 g/mol. The molecule has 1 rings (SSSR count). The molecule has 0 saturated carbocycles. The fraction of sp³-hybridized carbons (Fsp3) is 0.333. The maximum Gasteiger partial charge on any atom is 0.138 e. The number of rotatable bonds is 0. The Hall–Kier alpha value is -1.74. The SMILES string of the molecule is CC1(C)OC(=C/C#N)/C1=C/C#N. The van der Waals surface area contributed by atoms with Gasteiger partial charge in [0.05, 0.1) is 18.2 Å². The van der Waals surface area contributed by atoms with Crippen LogP contribution in [0.1, 0.15) is 13.8 Å². The van der Waals surface area contributed by atoms with Gasteiger partial charge in [-0.25, -0.2) is 0 Å². The van der Waals surface area contributed by atoms with Crippen LogP contribution in [-0.2, 0) is 4.74 Å². The normalized spacial score (nSPS) is 25.3. The van der Waals surface area contributed by atoms with E-state index in [0.717, 1.165) is 5.57 Å². The van der Waals surface area contributed by atoms with Gasteiger partial charge in [0.25, 0.3) is 0 Å². The Morgan fingerprint density at radius 2 is 1.83 bits per heavy atom. The van der Waals surface area contributed by atoms with Crippen molar-refractivity contribution in [3.05, 3.63) is 23.5 Å². The molecule has 3 heteroatoms. The first-order chi connectivity index (χ1) is 5.61. The van der Waals surface area contributed by atoms with E-state index in [1.54, 1.807) is 0 Å². The minimum absolute atomic E-state index is 0.418. The molecule has 0 atom stereocenters. The molecule has 3 nitrogen and oxygen atoms in total. The van der Waals surface area contributed by atoms with E-state index in [0.29, 0.717) is 5.76 Å². The molecule has 0 unspecified atom stereocenters. The van der Waals surface area contributed by atoms with E-state index in [1.807, 2.05) is 26.0 Å². The topological polar surface area (TPSA) is 56.8 Å². The van der Waals surface area contributed by atoms with Gasteiger partial charge in [0.2, 0.25) is 0 Å². The molecular formula is C9H8N2O. The van der Waals surface area contributed by atoms with Gasteiger partial charge in [-0.3, -0.25) is 0 Å². The van der Waals surface area contributed by atoms with Crippen LogP contribution in [0, 0.1) is 22.7 Å². The van der Waals surface area contributed by atoms with Crippen molar-refractivity contribution in [2.45, 2.75) is 19.4 Å². The fourth-order valence-electron chi connectivity index (χ4n) is 1.11. The second kappa shape index (κ2) is 2.71. The van der Waals surface area contributed by atoms with E-state index in [1.165, 1.54) is 12.2 Å². The predicted molar refractivity (Wildman–Crippen MR) is 42.6 cm³/mol. The molecule has 0 aromatic heterocycles. The van der Waals surface area contributed by atoms with Crippen molar-refractivity contribution in [3.63, 3.8) is 0 Å². The second-order valence-electron chi connectivity index (χ2n) is 2.94. The first kappa shape index (κ1) is 8.36. The van der Waals surface area contributed by atoms with Crippen molar-refractivity contribution < 1.29 is 4.74 Å².